The molecule has 0 N–H and O–H groups in total. The van der Waals surface area contributed by atoms with Gasteiger partial charge in [0.25, 0.3) is 5.91 Å². The molecule has 3 rings (SSSR count). The van der Waals surface area contributed by atoms with Gasteiger partial charge in [-0.1, -0.05) is 30.3 Å². The van der Waals surface area contributed by atoms with Crippen LogP contribution in [0.5, 0.6) is 0 Å². The van der Waals surface area contributed by atoms with Gasteiger partial charge in [-0.25, -0.2) is 13.4 Å². The molecule has 1 aromatic heterocycles. The summed E-state index contributed by atoms with van der Waals surface area (Å²) < 4.78 is 24.4. The Hall–Kier alpha value is -1.77. The van der Waals surface area contributed by atoms with E-state index >= 15 is 0 Å². The van der Waals surface area contributed by atoms with E-state index in [-0.39, 0.29) is 5.91 Å². The second-order valence-electron chi connectivity index (χ2n) is 5.36. The van der Waals surface area contributed by atoms with Gasteiger partial charge in [0.2, 0.25) is 10.0 Å². The Morgan fingerprint density at radius 1 is 1.13 bits per heavy atom. The Morgan fingerprint density at radius 3 is 2.39 bits per heavy atom. The highest BCUT2D eigenvalue weighted by Crippen LogP contribution is 2.24. The molecule has 2 aromatic rings. The van der Waals surface area contributed by atoms with Crippen LogP contribution >= 0.6 is 11.3 Å². The standard InChI is InChI=1S/C15H17N3O3S2/c1-23(20,21)18-9-7-17(8-10-18)15(19)13-11-22-14(16-13)12-5-3-2-4-6-12/h2-6,11H,7-10H2,1H3. The molecule has 23 heavy (non-hydrogen) atoms. The van der Waals surface area contributed by atoms with Gasteiger partial charge in [0, 0.05) is 37.1 Å². The molecule has 1 fully saturated rings. The molecule has 1 aliphatic rings. The van der Waals surface area contributed by atoms with Gasteiger partial charge in [-0.05, 0) is 0 Å². The summed E-state index contributed by atoms with van der Waals surface area (Å²) in [6.07, 6.45) is 1.19. The van der Waals surface area contributed by atoms with Crippen molar-refractivity contribution < 1.29 is 13.2 Å². The Bertz CT molecular complexity index is 794. The fraction of sp³-hybridized carbons (Fsp3) is 0.333. The average molecular weight is 351 g/mol. The molecular formula is C15H17N3O3S2. The zero-order valence-electron chi connectivity index (χ0n) is 12.7. The van der Waals surface area contributed by atoms with Gasteiger partial charge in [0.15, 0.2) is 0 Å². The lowest BCUT2D eigenvalue weighted by molar-refractivity contribution is 0.0693. The number of nitrogens with zero attached hydrogens (tertiary/aromatic N) is 3. The highest BCUT2D eigenvalue weighted by molar-refractivity contribution is 7.88. The number of hydrogen-bond donors (Lipinski definition) is 0. The number of thiazole rings is 1. The largest absolute Gasteiger partial charge is 0.335 e. The lowest BCUT2D eigenvalue weighted by Gasteiger charge is -2.32. The van der Waals surface area contributed by atoms with Gasteiger partial charge in [0.05, 0.1) is 6.26 Å². The Balaban J connectivity index is 1.69. The van der Waals surface area contributed by atoms with Crippen molar-refractivity contribution in [2.45, 2.75) is 0 Å². The average Bonchev–Trinajstić information content (AvgIpc) is 3.04. The van der Waals surface area contributed by atoms with Crippen LogP contribution in [0.2, 0.25) is 0 Å². The van der Waals surface area contributed by atoms with Crippen LogP contribution < -0.4 is 0 Å². The first-order valence-electron chi connectivity index (χ1n) is 7.20. The Morgan fingerprint density at radius 2 is 1.78 bits per heavy atom. The van der Waals surface area contributed by atoms with Gasteiger partial charge < -0.3 is 4.90 Å². The van der Waals surface area contributed by atoms with Crippen molar-refractivity contribution in [2.24, 2.45) is 0 Å². The van der Waals surface area contributed by atoms with Crippen LogP contribution in [-0.4, -0.2) is 60.9 Å². The van der Waals surface area contributed by atoms with Crippen LogP contribution in [0.1, 0.15) is 10.5 Å². The monoisotopic (exact) mass is 351 g/mol. The number of rotatable bonds is 3. The minimum Gasteiger partial charge on any atom is -0.335 e. The maximum absolute atomic E-state index is 12.5. The minimum absolute atomic E-state index is 0.142. The van der Waals surface area contributed by atoms with Crippen molar-refractivity contribution in [3.05, 3.63) is 41.4 Å². The first-order valence-corrected chi connectivity index (χ1v) is 9.93. The van der Waals surface area contributed by atoms with E-state index in [0.717, 1.165) is 10.6 Å². The number of carbonyl (C=O) groups excluding carboxylic acids is 1. The zero-order chi connectivity index (χ0) is 16.4. The molecule has 6 nitrogen and oxygen atoms in total. The fourth-order valence-corrected chi connectivity index (χ4v) is 4.10. The third kappa shape index (κ3) is 3.60. The van der Waals surface area contributed by atoms with Crippen molar-refractivity contribution in [3.63, 3.8) is 0 Å². The molecule has 0 radical (unpaired) electrons. The molecular weight excluding hydrogens is 334 g/mol. The van der Waals surface area contributed by atoms with E-state index in [4.69, 9.17) is 0 Å². The van der Waals surface area contributed by atoms with Crippen LogP contribution in [0.3, 0.4) is 0 Å². The normalized spacial score (nSPS) is 16.5. The second kappa shape index (κ2) is 6.38. The van der Waals surface area contributed by atoms with Crippen LogP contribution in [0.25, 0.3) is 10.6 Å². The maximum atomic E-state index is 12.5. The number of aromatic nitrogens is 1. The first kappa shape index (κ1) is 16.1. The molecule has 8 heteroatoms. The predicted molar refractivity (Wildman–Crippen MR) is 89.9 cm³/mol. The Labute approximate surface area is 139 Å². The summed E-state index contributed by atoms with van der Waals surface area (Å²) >= 11 is 1.43. The van der Waals surface area contributed by atoms with Crippen molar-refractivity contribution in [3.8, 4) is 10.6 Å². The van der Waals surface area contributed by atoms with Crippen molar-refractivity contribution in [2.75, 3.05) is 32.4 Å². The van der Waals surface area contributed by atoms with Gasteiger partial charge in [-0.3, -0.25) is 4.79 Å². The molecule has 0 atom stereocenters. The third-order valence-electron chi connectivity index (χ3n) is 3.74. The van der Waals surface area contributed by atoms with Crippen molar-refractivity contribution in [1.82, 2.24) is 14.2 Å². The summed E-state index contributed by atoms with van der Waals surface area (Å²) in [7, 11) is -3.19. The molecule has 1 aromatic carbocycles. The number of piperazine rings is 1. The maximum Gasteiger partial charge on any atom is 0.273 e. The van der Waals surface area contributed by atoms with E-state index in [1.807, 2.05) is 30.3 Å². The number of sulfonamides is 1. The molecule has 0 saturated carbocycles. The van der Waals surface area contributed by atoms with Gasteiger partial charge >= 0.3 is 0 Å². The summed E-state index contributed by atoms with van der Waals surface area (Å²) in [6, 6.07) is 9.71. The van der Waals surface area contributed by atoms with Crippen LogP contribution in [0.4, 0.5) is 0 Å². The van der Waals surface area contributed by atoms with Gasteiger partial charge in [-0.2, -0.15) is 4.31 Å². The fourth-order valence-electron chi connectivity index (χ4n) is 2.47. The van der Waals surface area contributed by atoms with Gasteiger partial charge in [-0.15, -0.1) is 11.3 Å². The van der Waals surface area contributed by atoms with E-state index in [1.54, 1.807) is 10.3 Å². The summed E-state index contributed by atoms with van der Waals surface area (Å²) in [4.78, 5) is 18.6. The molecule has 2 heterocycles. The summed E-state index contributed by atoms with van der Waals surface area (Å²) in [5, 5.41) is 2.57. The molecule has 0 aliphatic carbocycles. The van der Waals surface area contributed by atoms with E-state index in [0.29, 0.717) is 31.9 Å². The quantitative estimate of drug-likeness (QED) is 0.841. The SMILES string of the molecule is CS(=O)(=O)N1CCN(C(=O)c2csc(-c3ccccc3)n2)CC1. The minimum atomic E-state index is -3.19. The van der Waals surface area contributed by atoms with E-state index in [2.05, 4.69) is 4.98 Å². The van der Waals surface area contributed by atoms with Crippen LogP contribution in [0.15, 0.2) is 35.7 Å². The highest BCUT2D eigenvalue weighted by atomic mass is 32.2. The van der Waals surface area contributed by atoms with Crippen LogP contribution in [-0.2, 0) is 10.0 Å². The van der Waals surface area contributed by atoms with E-state index < -0.39 is 10.0 Å². The number of benzene rings is 1. The lowest BCUT2D eigenvalue weighted by Crippen LogP contribution is -2.50. The van der Waals surface area contributed by atoms with E-state index in [1.165, 1.54) is 21.9 Å². The molecule has 0 unspecified atom stereocenters. The first-order chi connectivity index (χ1) is 10.9. The molecule has 1 aliphatic heterocycles. The number of hydrogen-bond acceptors (Lipinski definition) is 5. The second-order valence-corrected chi connectivity index (χ2v) is 8.20. The lowest BCUT2D eigenvalue weighted by atomic mass is 10.2. The summed E-state index contributed by atoms with van der Waals surface area (Å²) in [6.45, 7) is 1.45. The smallest absolute Gasteiger partial charge is 0.273 e. The number of carbonyl (C=O) groups is 1. The molecule has 1 saturated heterocycles. The molecule has 0 bridgehead atoms. The molecule has 0 spiro atoms. The topological polar surface area (TPSA) is 70.6 Å². The summed E-state index contributed by atoms with van der Waals surface area (Å²) in [5.41, 5.74) is 1.40. The summed E-state index contributed by atoms with van der Waals surface area (Å²) in [5.74, 6) is -0.142. The van der Waals surface area contributed by atoms with Gasteiger partial charge in [0.1, 0.15) is 10.7 Å². The molecule has 1 amide bonds. The zero-order valence-corrected chi connectivity index (χ0v) is 14.3. The third-order valence-corrected chi connectivity index (χ3v) is 5.93. The predicted octanol–water partition coefficient (Wildman–Crippen LogP) is 1.53. The number of amides is 1. The Kier molecular flexibility index (Phi) is 4.47. The van der Waals surface area contributed by atoms with Crippen molar-refractivity contribution >= 4 is 27.3 Å². The van der Waals surface area contributed by atoms with E-state index in [9.17, 15) is 13.2 Å². The van der Waals surface area contributed by atoms with Crippen molar-refractivity contribution in [1.29, 1.82) is 0 Å². The molecule has 122 valence electrons. The van der Waals surface area contributed by atoms with Crippen LogP contribution in [0, 0.1) is 0 Å². The highest BCUT2D eigenvalue weighted by Gasteiger charge is 2.27.